The molecule has 0 aliphatic carbocycles. The van der Waals surface area contributed by atoms with Crippen molar-refractivity contribution < 1.29 is 24.5 Å². The zero-order valence-electron chi connectivity index (χ0n) is 12.7. The Balaban J connectivity index is 2.30. The van der Waals surface area contributed by atoms with Crippen LogP contribution in [-0.4, -0.2) is 28.2 Å². The smallest absolute Gasteiger partial charge is 0.339 e. The molecule has 2 aromatic rings. The van der Waals surface area contributed by atoms with E-state index in [0.29, 0.717) is 11.3 Å². The number of hydrogen-bond donors (Lipinski definition) is 3. The number of amides is 1. The van der Waals surface area contributed by atoms with E-state index in [-0.39, 0.29) is 17.4 Å². The van der Waals surface area contributed by atoms with Crippen LogP contribution < -0.4 is 10.1 Å². The lowest BCUT2D eigenvalue weighted by Gasteiger charge is -2.14. The minimum Gasteiger partial charge on any atom is -0.505 e. The summed E-state index contributed by atoms with van der Waals surface area (Å²) in [6.45, 7) is 3.69. The predicted octanol–water partition coefficient (Wildman–Crippen LogP) is 3.13. The summed E-state index contributed by atoms with van der Waals surface area (Å²) < 4.78 is 5.58. The van der Waals surface area contributed by atoms with Gasteiger partial charge < -0.3 is 20.3 Å². The lowest BCUT2D eigenvalue weighted by atomic mass is 10.1. The van der Waals surface area contributed by atoms with Crippen LogP contribution in [0.25, 0.3) is 0 Å². The van der Waals surface area contributed by atoms with Gasteiger partial charge in [-0.2, -0.15) is 0 Å². The van der Waals surface area contributed by atoms with Gasteiger partial charge in [0.05, 0.1) is 17.4 Å². The zero-order valence-corrected chi connectivity index (χ0v) is 12.7. The van der Waals surface area contributed by atoms with E-state index in [1.165, 1.54) is 18.2 Å². The number of nitrogens with one attached hydrogen (secondary N) is 1. The number of anilines is 1. The van der Waals surface area contributed by atoms with Crippen LogP contribution in [0.5, 0.6) is 11.5 Å². The predicted molar refractivity (Wildman–Crippen MR) is 85.2 cm³/mol. The topological polar surface area (TPSA) is 95.9 Å². The summed E-state index contributed by atoms with van der Waals surface area (Å²) in [4.78, 5) is 23.4. The Morgan fingerprint density at radius 2 is 1.70 bits per heavy atom. The second-order valence-electron chi connectivity index (χ2n) is 5.12. The second-order valence-corrected chi connectivity index (χ2v) is 5.12. The number of carbonyl (C=O) groups is 2. The van der Waals surface area contributed by atoms with Crippen LogP contribution in [0.1, 0.15) is 34.6 Å². The largest absolute Gasteiger partial charge is 0.505 e. The highest BCUT2D eigenvalue weighted by atomic mass is 16.5. The van der Waals surface area contributed by atoms with Crippen LogP contribution in [0.2, 0.25) is 0 Å². The molecule has 0 saturated carbocycles. The molecule has 6 nitrogen and oxygen atoms in total. The molecule has 0 heterocycles. The Kier molecular flexibility index (Phi) is 4.85. The first-order valence-electron chi connectivity index (χ1n) is 7.02. The number of hydrogen-bond acceptors (Lipinski definition) is 4. The molecular weight excluding hydrogens is 298 g/mol. The number of aromatic carboxylic acids is 1. The molecule has 6 heteroatoms. The zero-order chi connectivity index (χ0) is 17.0. The number of para-hydroxylation sites is 2. The Labute approximate surface area is 133 Å². The minimum atomic E-state index is -1.28. The molecule has 1 amide bonds. The SMILES string of the molecule is CC(C)Oc1ccccc1C(=O)Nc1cccc(C(=O)O)c1O. The molecule has 0 aromatic heterocycles. The van der Waals surface area contributed by atoms with Crippen LogP contribution in [0.15, 0.2) is 42.5 Å². The summed E-state index contributed by atoms with van der Waals surface area (Å²) in [5.74, 6) is -1.86. The lowest BCUT2D eigenvalue weighted by molar-refractivity contribution is 0.0693. The maximum Gasteiger partial charge on any atom is 0.339 e. The number of rotatable bonds is 5. The normalized spacial score (nSPS) is 10.4. The van der Waals surface area contributed by atoms with Crippen LogP contribution >= 0.6 is 0 Å². The molecule has 0 saturated heterocycles. The van der Waals surface area contributed by atoms with Crippen molar-refractivity contribution in [2.75, 3.05) is 5.32 Å². The van der Waals surface area contributed by atoms with Gasteiger partial charge >= 0.3 is 5.97 Å². The highest BCUT2D eigenvalue weighted by Crippen LogP contribution is 2.29. The Morgan fingerprint density at radius 3 is 2.35 bits per heavy atom. The van der Waals surface area contributed by atoms with Gasteiger partial charge in [-0.3, -0.25) is 4.79 Å². The van der Waals surface area contributed by atoms with E-state index in [9.17, 15) is 14.7 Å². The third kappa shape index (κ3) is 3.79. The summed E-state index contributed by atoms with van der Waals surface area (Å²) in [5, 5.41) is 21.4. The fraction of sp³-hybridized carbons (Fsp3) is 0.176. The van der Waals surface area contributed by atoms with Gasteiger partial charge in [-0.15, -0.1) is 0 Å². The number of benzene rings is 2. The molecule has 0 aliphatic rings. The molecule has 0 aliphatic heterocycles. The van der Waals surface area contributed by atoms with Gasteiger partial charge in [0.15, 0.2) is 5.75 Å². The van der Waals surface area contributed by atoms with E-state index in [1.54, 1.807) is 24.3 Å². The highest BCUT2D eigenvalue weighted by molar-refractivity contribution is 6.07. The summed E-state index contributed by atoms with van der Waals surface area (Å²) >= 11 is 0. The van der Waals surface area contributed by atoms with Crippen LogP contribution in [-0.2, 0) is 0 Å². The van der Waals surface area contributed by atoms with E-state index >= 15 is 0 Å². The van der Waals surface area contributed by atoms with Gasteiger partial charge in [0, 0.05) is 0 Å². The summed E-state index contributed by atoms with van der Waals surface area (Å²) in [5.41, 5.74) is 0.0325. The van der Waals surface area contributed by atoms with Crippen molar-refractivity contribution in [3.05, 3.63) is 53.6 Å². The van der Waals surface area contributed by atoms with Crippen molar-refractivity contribution >= 4 is 17.6 Å². The number of carboxylic acid groups (broad SMARTS) is 1. The molecule has 2 rings (SSSR count). The van der Waals surface area contributed by atoms with Crippen molar-refractivity contribution in [1.82, 2.24) is 0 Å². The number of ether oxygens (including phenoxy) is 1. The van der Waals surface area contributed by atoms with Gasteiger partial charge in [0.1, 0.15) is 11.3 Å². The molecule has 0 radical (unpaired) electrons. The molecule has 0 spiro atoms. The third-order valence-electron chi connectivity index (χ3n) is 3.01. The maximum absolute atomic E-state index is 12.4. The molecule has 0 unspecified atom stereocenters. The molecule has 0 atom stereocenters. The van der Waals surface area contributed by atoms with Crippen molar-refractivity contribution in [2.45, 2.75) is 20.0 Å². The third-order valence-corrected chi connectivity index (χ3v) is 3.01. The fourth-order valence-corrected chi connectivity index (χ4v) is 2.02. The standard InChI is InChI=1S/C17H17NO5/c1-10(2)23-14-9-4-3-6-11(14)16(20)18-13-8-5-7-12(15(13)19)17(21)22/h3-10,19H,1-2H3,(H,18,20)(H,21,22). The number of aromatic hydroxyl groups is 1. The van der Waals surface area contributed by atoms with E-state index in [4.69, 9.17) is 9.84 Å². The molecule has 120 valence electrons. The first-order chi connectivity index (χ1) is 10.9. The molecule has 0 fully saturated rings. The van der Waals surface area contributed by atoms with Gasteiger partial charge in [-0.1, -0.05) is 18.2 Å². The van der Waals surface area contributed by atoms with Crippen molar-refractivity contribution in [2.24, 2.45) is 0 Å². The summed E-state index contributed by atoms with van der Waals surface area (Å²) in [6.07, 6.45) is -0.104. The molecule has 2 aromatic carbocycles. The average molecular weight is 315 g/mol. The van der Waals surface area contributed by atoms with E-state index in [0.717, 1.165) is 0 Å². The minimum absolute atomic E-state index is 0.0225. The highest BCUT2D eigenvalue weighted by Gasteiger charge is 2.17. The van der Waals surface area contributed by atoms with Gasteiger partial charge in [-0.25, -0.2) is 4.79 Å². The maximum atomic E-state index is 12.4. The average Bonchev–Trinajstić information content (AvgIpc) is 2.49. The number of phenols is 1. The van der Waals surface area contributed by atoms with Crippen molar-refractivity contribution in [3.8, 4) is 11.5 Å². The quantitative estimate of drug-likeness (QED) is 0.737. The lowest BCUT2D eigenvalue weighted by Crippen LogP contribution is -2.16. The monoisotopic (exact) mass is 315 g/mol. The molecule has 3 N–H and O–H groups in total. The van der Waals surface area contributed by atoms with E-state index in [1.807, 2.05) is 13.8 Å². The first-order valence-corrected chi connectivity index (χ1v) is 7.02. The first kappa shape index (κ1) is 16.4. The van der Waals surface area contributed by atoms with Gasteiger partial charge in [0.2, 0.25) is 0 Å². The summed E-state index contributed by atoms with van der Waals surface area (Å²) in [7, 11) is 0. The Hall–Kier alpha value is -3.02. The number of carboxylic acids is 1. The van der Waals surface area contributed by atoms with Gasteiger partial charge in [0.25, 0.3) is 5.91 Å². The summed E-state index contributed by atoms with van der Waals surface area (Å²) in [6, 6.07) is 10.8. The van der Waals surface area contributed by atoms with Gasteiger partial charge in [-0.05, 0) is 38.1 Å². The van der Waals surface area contributed by atoms with Crippen molar-refractivity contribution in [1.29, 1.82) is 0 Å². The molecular formula is C17H17NO5. The van der Waals surface area contributed by atoms with Crippen LogP contribution in [0, 0.1) is 0 Å². The number of carbonyl (C=O) groups excluding carboxylic acids is 1. The molecule has 0 bridgehead atoms. The van der Waals surface area contributed by atoms with Crippen molar-refractivity contribution in [3.63, 3.8) is 0 Å². The Morgan fingerprint density at radius 1 is 1.04 bits per heavy atom. The molecule has 23 heavy (non-hydrogen) atoms. The fourth-order valence-electron chi connectivity index (χ4n) is 2.02. The Bertz CT molecular complexity index is 740. The van der Waals surface area contributed by atoms with Crippen LogP contribution in [0.3, 0.4) is 0 Å². The van der Waals surface area contributed by atoms with E-state index in [2.05, 4.69) is 5.32 Å². The van der Waals surface area contributed by atoms with Crippen LogP contribution in [0.4, 0.5) is 5.69 Å². The van der Waals surface area contributed by atoms with E-state index < -0.39 is 17.6 Å². The second kappa shape index (κ2) is 6.83.